The molecule has 0 aliphatic carbocycles. The number of ether oxygens (including phenoxy) is 5. The molecular formula is C12H25FO5. The molecule has 0 saturated heterocycles. The van der Waals surface area contributed by atoms with Crippen LogP contribution in [-0.2, 0) is 23.7 Å². The molecule has 0 unspecified atom stereocenters. The summed E-state index contributed by atoms with van der Waals surface area (Å²) in [5, 5.41) is 0. The summed E-state index contributed by atoms with van der Waals surface area (Å²) in [6.07, 6.45) is 0. The standard InChI is InChI=1S/C12H25FO5/c1-2-14-5-6-16-9-10-18-12-11-17-8-7-15-4-3-13/h2-12H2,1H3. The van der Waals surface area contributed by atoms with Gasteiger partial charge in [0.25, 0.3) is 0 Å². The molecule has 0 amide bonds. The van der Waals surface area contributed by atoms with E-state index in [1.165, 1.54) is 0 Å². The highest BCUT2D eigenvalue weighted by atomic mass is 19.1. The maximum atomic E-state index is 11.6. The Hall–Kier alpha value is -0.270. The van der Waals surface area contributed by atoms with Gasteiger partial charge >= 0.3 is 0 Å². The van der Waals surface area contributed by atoms with Crippen molar-refractivity contribution in [3.05, 3.63) is 0 Å². The molecule has 0 aliphatic heterocycles. The van der Waals surface area contributed by atoms with Gasteiger partial charge in [-0.25, -0.2) is 4.39 Å². The van der Waals surface area contributed by atoms with Crippen LogP contribution < -0.4 is 0 Å². The van der Waals surface area contributed by atoms with Gasteiger partial charge in [-0.05, 0) is 6.92 Å². The van der Waals surface area contributed by atoms with Crippen LogP contribution >= 0.6 is 0 Å². The molecule has 0 spiro atoms. The van der Waals surface area contributed by atoms with E-state index in [1.807, 2.05) is 6.92 Å². The van der Waals surface area contributed by atoms with E-state index in [9.17, 15) is 4.39 Å². The van der Waals surface area contributed by atoms with E-state index in [2.05, 4.69) is 0 Å². The largest absolute Gasteiger partial charge is 0.379 e. The fourth-order valence-corrected chi connectivity index (χ4v) is 1.08. The van der Waals surface area contributed by atoms with Crippen LogP contribution in [0, 0.1) is 0 Å². The van der Waals surface area contributed by atoms with Crippen molar-refractivity contribution in [2.24, 2.45) is 0 Å². The van der Waals surface area contributed by atoms with Crippen molar-refractivity contribution >= 4 is 0 Å². The van der Waals surface area contributed by atoms with Gasteiger partial charge in [0, 0.05) is 6.61 Å². The summed E-state index contributed by atoms with van der Waals surface area (Å²) in [5.41, 5.74) is 0. The van der Waals surface area contributed by atoms with Crippen molar-refractivity contribution in [2.45, 2.75) is 6.92 Å². The minimum Gasteiger partial charge on any atom is -0.379 e. The first kappa shape index (κ1) is 17.7. The van der Waals surface area contributed by atoms with Gasteiger partial charge in [0.1, 0.15) is 6.67 Å². The van der Waals surface area contributed by atoms with Crippen molar-refractivity contribution in [3.8, 4) is 0 Å². The Morgan fingerprint density at radius 1 is 0.556 bits per heavy atom. The minimum absolute atomic E-state index is 0.138. The second-order valence-electron chi connectivity index (χ2n) is 3.34. The van der Waals surface area contributed by atoms with Gasteiger partial charge in [-0.15, -0.1) is 0 Å². The molecule has 0 atom stereocenters. The van der Waals surface area contributed by atoms with Crippen molar-refractivity contribution in [3.63, 3.8) is 0 Å². The van der Waals surface area contributed by atoms with Crippen molar-refractivity contribution in [1.29, 1.82) is 0 Å². The number of halogens is 1. The van der Waals surface area contributed by atoms with Crippen LogP contribution in [0.25, 0.3) is 0 Å². The van der Waals surface area contributed by atoms with E-state index >= 15 is 0 Å². The van der Waals surface area contributed by atoms with E-state index in [1.54, 1.807) is 0 Å². The number of hydrogen-bond donors (Lipinski definition) is 0. The maximum absolute atomic E-state index is 11.6. The van der Waals surface area contributed by atoms with E-state index in [0.717, 1.165) is 0 Å². The van der Waals surface area contributed by atoms with Gasteiger partial charge in [0.15, 0.2) is 0 Å². The molecule has 6 heteroatoms. The van der Waals surface area contributed by atoms with Crippen LogP contribution in [0.4, 0.5) is 4.39 Å². The van der Waals surface area contributed by atoms with Gasteiger partial charge < -0.3 is 23.7 Å². The summed E-state index contributed by atoms with van der Waals surface area (Å²) in [7, 11) is 0. The Balaban J connectivity index is 2.86. The van der Waals surface area contributed by atoms with Crippen LogP contribution in [0.15, 0.2) is 0 Å². The molecule has 0 aromatic carbocycles. The molecule has 0 aromatic rings. The third-order valence-corrected chi connectivity index (χ3v) is 1.91. The molecule has 110 valence electrons. The smallest absolute Gasteiger partial charge is 0.113 e. The van der Waals surface area contributed by atoms with Gasteiger partial charge in [-0.1, -0.05) is 0 Å². The molecular weight excluding hydrogens is 243 g/mol. The molecule has 0 heterocycles. The summed E-state index contributed by atoms with van der Waals surface area (Å²) >= 11 is 0. The Morgan fingerprint density at radius 3 is 1.22 bits per heavy atom. The Kier molecular flexibility index (Phi) is 16.5. The van der Waals surface area contributed by atoms with Crippen LogP contribution in [0.1, 0.15) is 6.92 Å². The zero-order valence-electron chi connectivity index (χ0n) is 11.2. The lowest BCUT2D eigenvalue weighted by Gasteiger charge is -2.07. The normalized spacial score (nSPS) is 11.0. The average molecular weight is 268 g/mol. The zero-order chi connectivity index (χ0) is 13.3. The molecule has 0 fully saturated rings. The summed E-state index contributed by atoms with van der Waals surface area (Å²) in [6.45, 7) is 6.61. The third-order valence-electron chi connectivity index (χ3n) is 1.91. The topological polar surface area (TPSA) is 46.2 Å². The molecule has 0 rings (SSSR count). The van der Waals surface area contributed by atoms with E-state index in [-0.39, 0.29) is 6.61 Å². The molecule has 18 heavy (non-hydrogen) atoms. The monoisotopic (exact) mass is 268 g/mol. The number of hydrogen-bond acceptors (Lipinski definition) is 5. The first-order valence-corrected chi connectivity index (χ1v) is 6.36. The molecule has 0 saturated carbocycles. The van der Waals surface area contributed by atoms with Gasteiger partial charge in [0.05, 0.1) is 59.5 Å². The molecule has 0 N–H and O–H groups in total. The second-order valence-corrected chi connectivity index (χ2v) is 3.34. The molecule has 0 aromatic heterocycles. The first-order valence-electron chi connectivity index (χ1n) is 6.36. The van der Waals surface area contributed by atoms with Gasteiger partial charge in [-0.2, -0.15) is 0 Å². The Labute approximate surface area is 108 Å². The van der Waals surface area contributed by atoms with Crippen LogP contribution in [0.3, 0.4) is 0 Å². The van der Waals surface area contributed by atoms with Crippen LogP contribution in [-0.4, -0.2) is 72.7 Å². The molecule has 0 bridgehead atoms. The van der Waals surface area contributed by atoms with Crippen LogP contribution in [0.2, 0.25) is 0 Å². The lowest BCUT2D eigenvalue weighted by Crippen LogP contribution is -2.13. The minimum atomic E-state index is -0.452. The third kappa shape index (κ3) is 15.7. The molecule has 0 aliphatic rings. The number of alkyl halides is 1. The predicted octanol–water partition coefficient (Wildman–Crippen LogP) is 1.06. The SMILES string of the molecule is CCOCCOCCOCCOCCOCCF. The van der Waals surface area contributed by atoms with Gasteiger partial charge in [0.2, 0.25) is 0 Å². The molecule has 5 nitrogen and oxygen atoms in total. The highest BCUT2D eigenvalue weighted by Crippen LogP contribution is 1.83. The van der Waals surface area contributed by atoms with Crippen molar-refractivity contribution < 1.29 is 28.1 Å². The van der Waals surface area contributed by atoms with Crippen molar-refractivity contribution in [2.75, 3.05) is 72.7 Å². The summed E-state index contributed by atoms with van der Waals surface area (Å²) < 4.78 is 37.4. The highest BCUT2D eigenvalue weighted by molar-refractivity contribution is 4.35. The fraction of sp³-hybridized carbons (Fsp3) is 1.00. The summed E-state index contributed by atoms with van der Waals surface area (Å²) in [5.74, 6) is 0. The van der Waals surface area contributed by atoms with E-state index in [4.69, 9.17) is 23.7 Å². The Bertz CT molecular complexity index is 132. The second kappa shape index (κ2) is 16.7. The van der Waals surface area contributed by atoms with E-state index in [0.29, 0.717) is 59.5 Å². The lowest BCUT2D eigenvalue weighted by molar-refractivity contribution is -0.0109. The van der Waals surface area contributed by atoms with Crippen LogP contribution in [0.5, 0.6) is 0 Å². The summed E-state index contributed by atoms with van der Waals surface area (Å²) in [6, 6.07) is 0. The maximum Gasteiger partial charge on any atom is 0.113 e. The van der Waals surface area contributed by atoms with Gasteiger partial charge in [-0.3, -0.25) is 0 Å². The molecule has 0 radical (unpaired) electrons. The fourth-order valence-electron chi connectivity index (χ4n) is 1.08. The van der Waals surface area contributed by atoms with E-state index < -0.39 is 6.67 Å². The Morgan fingerprint density at radius 2 is 0.889 bits per heavy atom. The quantitative estimate of drug-likeness (QED) is 0.416. The van der Waals surface area contributed by atoms with Crippen molar-refractivity contribution in [1.82, 2.24) is 0 Å². The summed E-state index contributed by atoms with van der Waals surface area (Å²) in [4.78, 5) is 0. The number of rotatable bonds is 15. The predicted molar refractivity (Wildman–Crippen MR) is 65.7 cm³/mol. The first-order chi connectivity index (χ1) is 8.91. The average Bonchev–Trinajstić information content (AvgIpc) is 2.39. The lowest BCUT2D eigenvalue weighted by atomic mass is 10.7. The highest BCUT2D eigenvalue weighted by Gasteiger charge is 1.92. The zero-order valence-corrected chi connectivity index (χ0v) is 11.2.